The number of ether oxygens (including phenoxy) is 6. The Balaban J connectivity index is 0.000000271. The van der Waals surface area contributed by atoms with Crippen molar-refractivity contribution in [1.29, 1.82) is 0 Å². The highest BCUT2D eigenvalue weighted by Crippen LogP contribution is 2.37. The van der Waals surface area contributed by atoms with E-state index in [1.807, 2.05) is 59.2 Å². The summed E-state index contributed by atoms with van der Waals surface area (Å²) in [6, 6.07) is 19.6. The van der Waals surface area contributed by atoms with E-state index < -0.39 is 62.8 Å². The maximum atomic E-state index is 14.0. The predicted molar refractivity (Wildman–Crippen MR) is 290 cm³/mol. The van der Waals surface area contributed by atoms with Crippen LogP contribution in [0.1, 0.15) is 109 Å². The molecule has 2 N–H and O–H groups in total. The van der Waals surface area contributed by atoms with Crippen LogP contribution in [0.3, 0.4) is 0 Å². The largest absolute Gasteiger partial charge is 0.469 e. The summed E-state index contributed by atoms with van der Waals surface area (Å²) in [5.74, 6) is -4.71. The molecule has 7 rings (SSSR count). The number of nitrogens with zero attached hydrogens (tertiary/aromatic N) is 4. The van der Waals surface area contributed by atoms with Crippen molar-refractivity contribution in [3.05, 3.63) is 148 Å². The number of amides is 2. The van der Waals surface area contributed by atoms with Crippen LogP contribution in [0, 0.1) is 33.4 Å². The number of rotatable bonds is 13. The van der Waals surface area contributed by atoms with E-state index in [0.717, 1.165) is 49.1 Å². The molecule has 0 spiro atoms. The standard InChI is InChI=1S/C29H32F2N2O5.C14H9F2NO3.C9H18N2O2.C6H10O3/c1-6-24-25(27(34)36-5)21(17-33(24)19-14-15-32(16-19)28(35)38-29(2,3)4)18-10-12-20(13-11-18)37-26-22(30)8-7-9-23(26)31;15-12-2-1-3-13(16)14(12)20-11-6-4-10(5-7-11)8-9-17(18)19;1-9(2,3)13-8(12)11-5-4-7(10)6-11;1-3-5(7)4-6(8)9-2/h7-13,17,19H,6,14-16H2,1-5H3;1-9H;7H,4-6,10H2,1-3H3;3-4H2,1-2H3/b;9-8+;;/t19-;;7-;/m1.1./s1. The quantitative estimate of drug-likeness (QED) is 0.0289. The van der Waals surface area contributed by atoms with Gasteiger partial charge in [-0.3, -0.25) is 19.7 Å². The van der Waals surface area contributed by atoms with Crippen LogP contribution in [-0.4, -0.2) is 107 Å². The van der Waals surface area contributed by atoms with Crippen LogP contribution in [0.2, 0.25) is 0 Å². The number of likely N-dealkylation sites (tertiary alicyclic amines) is 2. The van der Waals surface area contributed by atoms with Gasteiger partial charge in [0.1, 0.15) is 34.9 Å². The molecule has 0 saturated carbocycles. The van der Waals surface area contributed by atoms with Gasteiger partial charge in [0.15, 0.2) is 34.8 Å². The van der Waals surface area contributed by atoms with Crippen LogP contribution < -0.4 is 15.2 Å². The van der Waals surface area contributed by atoms with Gasteiger partial charge in [-0.2, -0.15) is 0 Å². The van der Waals surface area contributed by atoms with Crippen LogP contribution in [0.25, 0.3) is 17.2 Å². The molecule has 1 aromatic heterocycles. The predicted octanol–water partition coefficient (Wildman–Crippen LogP) is 12.2. The third-order valence-electron chi connectivity index (χ3n) is 11.6. The highest BCUT2D eigenvalue weighted by molar-refractivity contribution is 5.99. The minimum absolute atomic E-state index is 0.0405. The number of nitrogens with two attached hydrogens (primary N) is 1. The van der Waals surface area contributed by atoms with Gasteiger partial charge in [0.2, 0.25) is 6.20 Å². The van der Waals surface area contributed by atoms with Gasteiger partial charge in [-0.05, 0) is 120 Å². The average molecular weight is 1120 g/mol. The van der Waals surface area contributed by atoms with Gasteiger partial charge < -0.3 is 48.5 Å². The van der Waals surface area contributed by atoms with Crippen LogP contribution in [-0.2, 0) is 35.0 Å². The average Bonchev–Trinajstić information content (AvgIpc) is 4.20. The molecule has 2 amide bonds. The summed E-state index contributed by atoms with van der Waals surface area (Å²) in [6.07, 6.45) is 5.85. The van der Waals surface area contributed by atoms with Crippen LogP contribution in [0.15, 0.2) is 97.3 Å². The maximum absolute atomic E-state index is 14.0. The smallest absolute Gasteiger partial charge is 0.410 e. The Morgan fingerprint density at radius 2 is 1.18 bits per heavy atom. The molecule has 2 aliphatic rings. The molecule has 22 heteroatoms. The van der Waals surface area contributed by atoms with Crippen molar-refractivity contribution in [3.8, 4) is 34.1 Å². The van der Waals surface area contributed by atoms with E-state index in [2.05, 4.69) is 4.74 Å². The normalized spacial score (nSPS) is 14.8. The minimum Gasteiger partial charge on any atom is -0.469 e. The van der Waals surface area contributed by atoms with Crippen molar-refractivity contribution in [2.24, 2.45) is 5.73 Å². The summed E-state index contributed by atoms with van der Waals surface area (Å²) < 4.78 is 87.5. The zero-order valence-electron chi connectivity index (χ0n) is 46.5. The highest BCUT2D eigenvalue weighted by Gasteiger charge is 2.34. The number of nitro groups is 1. The van der Waals surface area contributed by atoms with Crippen LogP contribution in [0.5, 0.6) is 23.0 Å². The summed E-state index contributed by atoms with van der Waals surface area (Å²) in [5, 5.41) is 10.2. The lowest BCUT2D eigenvalue weighted by Gasteiger charge is -2.24. The Morgan fingerprint density at radius 3 is 1.59 bits per heavy atom. The number of methoxy groups -OCH3 is 2. The summed E-state index contributed by atoms with van der Waals surface area (Å²) in [7, 11) is 2.61. The van der Waals surface area contributed by atoms with Crippen molar-refractivity contribution < 1.29 is 74.9 Å². The number of carbonyl (C=O) groups is 5. The monoisotopic (exact) mass is 1120 g/mol. The second-order valence-electron chi connectivity index (χ2n) is 20.1. The molecule has 0 unspecified atom stereocenters. The van der Waals surface area contributed by atoms with Gasteiger partial charge in [-0.25, -0.2) is 31.9 Å². The van der Waals surface area contributed by atoms with Crippen molar-refractivity contribution in [2.75, 3.05) is 40.4 Å². The van der Waals surface area contributed by atoms with Gasteiger partial charge in [0.25, 0.3) is 0 Å². The maximum Gasteiger partial charge on any atom is 0.410 e. The van der Waals surface area contributed by atoms with E-state index in [9.17, 15) is 51.6 Å². The Labute approximate surface area is 462 Å². The molecule has 2 atom stereocenters. The number of aromatic nitrogens is 1. The second-order valence-corrected chi connectivity index (χ2v) is 20.1. The van der Waals surface area contributed by atoms with E-state index in [-0.39, 0.29) is 48.0 Å². The molecule has 2 aliphatic heterocycles. The first kappa shape index (κ1) is 64.3. The molecule has 2 saturated heterocycles. The molecule has 0 aliphatic carbocycles. The Kier molecular flexibility index (Phi) is 23.8. The number of carbonyl (C=O) groups excluding carboxylic acids is 5. The Hall–Kier alpha value is -8.27. The first-order valence-corrected chi connectivity index (χ1v) is 25.5. The third kappa shape index (κ3) is 19.9. The number of ketones is 1. The van der Waals surface area contributed by atoms with Gasteiger partial charge in [-0.1, -0.05) is 50.2 Å². The molecule has 80 heavy (non-hydrogen) atoms. The van der Waals surface area contributed by atoms with E-state index in [1.54, 1.807) is 41.0 Å². The van der Waals surface area contributed by atoms with E-state index in [1.165, 1.54) is 56.7 Å². The van der Waals surface area contributed by atoms with E-state index in [4.69, 9.17) is 29.4 Å². The fourth-order valence-electron chi connectivity index (χ4n) is 7.79. The Morgan fingerprint density at radius 1 is 0.700 bits per heavy atom. The van der Waals surface area contributed by atoms with Crippen molar-refractivity contribution >= 4 is 36.0 Å². The van der Waals surface area contributed by atoms with Crippen molar-refractivity contribution in [3.63, 3.8) is 0 Å². The molecule has 0 bridgehead atoms. The lowest BCUT2D eigenvalue weighted by Crippen LogP contribution is -2.36. The molecular formula is C58H69F4N5O13. The molecule has 0 radical (unpaired) electrons. The third-order valence-corrected chi connectivity index (χ3v) is 11.6. The molecule has 4 aromatic carbocycles. The molecule has 2 fully saturated rings. The van der Waals surface area contributed by atoms with Crippen LogP contribution >= 0.6 is 0 Å². The van der Waals surface area contributed by atoms with Crippen LogP contribution in [0.4, 0.5) is 27.2 Å². The Bertz CT molecular complexity index is 2900. The SMILES string of the molecule is CC(C)(C)OC(=O)N1CC[C@@H](N)C1.CCC(=O)CC(=O)OC.CCc1c(C(=O)OC)c(-c2ccc(Oc3c(F)cccc3F)cc2)cn1[C@@H]1CCN(C(=O)OC(C)(C)C)C1.O=[N+]([O-])/C=C/c1ccc(Oc2c(F)cccc2F)cc1. The lowest BCUT2D eigenvalue weighted by atomic mass is 10.0. The van der Waals surface area contributed by atoms with Gasteiger partial charge in [-0.15, -0.1) is 0 Å². The number of para-hydroxylation sites is 2. The number of hydrogen-bond acceptors (Lipinski definition) is 14. The lowest BCUT2D eigenvalue weighted by molar-refractivity contribution is -0.400. The summed E-state index contributed by atoms with van der Waals surface area (Å²) in [5.41, 5.74) is 7.87. The van der Waals surface area contributed by atoms with E-state index >= 15 is 0 Å². The zero-order valence-corrected chi connectivity index (χ0v) is 46.5. The summed E-state index contributed by atoms with van der Waals surface area (Å²) >= 11 is 0. The second kappa shape index (κ2) is 29.6. The molecular weight excluding hydrogens is 1050 g/mol. The van der Waals surface area contributed by atoms with Gasteiger partial charge in [0, 0.05) is 62.2 Å². The van der Waals surface area contributed by atoms with Crippen molar-refractivity contribution in [1.82, 2.24) is 14.4 Å². The number of halogens is 4. The first-order chi connectivity index (χ1) is 37.7. The summed E-state index contributed by atoms with van der Waals surface area (Å²) in [6.45, 7) is 17.1. The van der Waals surface area contributed by atoms with Gasteiger partial charge >= 0.3 is 24.1 Å². The number of esters is 2. The van der Waals surface area contributed by atoms with Gasteiger partial charge in [0.05, 0.1) is 30.7 Å². The minimum atomic E-state index is -0.803. The zero-order chi connectivity index (χ0) is 59.5. The number of Topliss-reactive ketones (excluding diaryl/α,β-unsaturated/α-hetero) is 1. The summed E-state index contributed by atoms with van der Waals surface area (Å²) in [4.78, 5) is 70.7. The number of hydrogen-bond donors (Lipinski definition) is 1. The fourth-order valence-corrected chi connectivity index (χ4v) is 7.79. The van der Waals surface area contributed by atoms with Crippen molar-refractivity contribution in [2.45, 2.75) is 111 Å². The highest BCUT2D eigenvalue weighted by atomic mass is 19.1. The molecule has 18 nitrogen and oxygen atoms in total. The topological polar surface area (TPSA) is 221 Å². The number of benzene rings is 4. The molecule has 5 aromatic rings. The molecule has 432 valence electrons. The first-order valence-electron chi connectivity index (χ1n) is 25.5. The molecule has 3 heterocycles. The fraction of sp³-hybridized carbons (Fsp3) is 0.397. The van der Waals surface area contributed by atoms with E-state index in [0.29, 0.717) is 61.2 Å².